The van der Waals surface area contributed by atoms with Crippen molar-refractivity contribution in [1.82, 2.24) is 0 Å². The van der Waals surface area contributed by atoms with Crippen LogP contribution in [-0.4, -0.2) is 6.54 Å². The van der Waals surface area contributed by atoms with Crippen LogP contribution in [0.1, 0.15) is 19.8 Å². The number of unbranched alkanes of at least 4 members (excludes halogenated alkanes) is 1. The summed E-state index contributed by atoms with van der Waals surface area (Å²) in [4.78, 5) is 0. The first kappa shape index (κ1) is 10.6. The normalized spacial score (nSPS) is 10.8. The lowest BCUT2D eigenvalue weighted by Crippen LogP contribution is -1.98. The van der Waals surface area contributed by atoms with Crippen molar-refractivity contribution in [3.05, 3.63) is 28.7 Å². The number of nitrogens with one attached hydrogen (secondary N) is 1. The van der Waals surface area contributed by atoms with Crippen LogP contribution in [0.2, 0.25) is 0 Å². The highest BCUT2D eigenvalue weighted by molar-refractivity contribution is 9.10. The number of benzene rings is 1. The predicted octanol–water partition coefficient (Wildman–Crippen LogP) is 4.41. The number of hydrogen-bond acceptors (Lipinski definition) is 2. The van der Waals surface area contributed by atoms with Gasteiger partial charge in [0.15, 0.2) is 5.88 Å². The summed E-state index contributed by atoms with van der Waals surface area (Å²) in [6, 6.07) is 8.06. The molecule has 1 N–H and O–H groups in total. The summed E-state index contributed by atoms with van der Waals surface area (Å²) in [5, 5.41) is 4.40. The summed E-state index contributed by atoms with van der Waals surface area (Å²) in [6.45, 7) is 3.15. The molecule has 2 aromatic rings. The van der Waals surface area contributed by atoms with Crippen molar-refractivity contribution in [1.29, 1.82) is 0 Å². The van der Waals surface area contributed by atoms with Gasteiger partial charge in [0.05, 0.1) is 0 Å². The van der Waals surface area contributed by atoms with Gasteiger partial charge in [-0.15, -0.1) is 0 Å². The van der Waals surface area contributed by atoms with E-state index in [1.807, 2.05) is 18.2 Å². The average molecular weight is 268 g/mol. The third kappa shape index (κ3) is 2.53. The molecular weight excluding hydrogens is 254 g/mol. The third-order valence-electron chi connectivity index (χ3n) is 2.31. The fourth-order valence-corrected chi connectivity index (χ4v) is 1.87. The molecule has 0 atom stereocenters. The second-order valence-electron chi connectivity index (χ2n) is 3.57. The van der Waals surface area contributed by atoms with E-state index in [0.29, 0.717) is 0 Å². The van der Waals surface area contributed by atoms with Crippen molar-refractivity contribution < 1.29 is 4.42 Å². The molecule has 0 saturated heterocycles. The number of fused-ring (bicyclic) bond motifs is 1. The van der Waals surface area contributed by atoms with Crippen LogP contribution in [0.25, 0.3) is 11.0 Å². The van der Waals surface area contributed by atoms with E-state index in [2.05, 4.69) is 34.2 Å². The zero-order valence-corrected chi connectivity index (χ0v) is 10.3. The summed E-state index contributed by atoms with van der Waals surface area (Å²) < 4.78 is 6.72. The summed E-state index contributed by atoms with van der Waals surface area (Å²) >= 11 is 3.44. The molecule has 0 amide bonds. The molecule has 0 unspecified atom stereocenters. The van der Waals surface area contributed by atoms with Gasteiger partial charge in [0.2, 0.25) is 0 Å². The second kappa shape index (κ2) is 4.71. The number of furan rings is 1. The van der Waals surface area contributed by atoms with Gasteiger partial charge in [0, 0.05) is 22.5 Å². The number of anilines is 1. The molecule has 0 saturated carbocycles. The van der Waals surface area contributed by atoms with Crippen LogP contribution in [0.5, 0.6) is 0 Å². The molecule has 80 valence electrons. The molecule has 0 fully saturated rings. The first-order valence-corrected chi connectivity index (χ1v) is 6.02. The molecule has 0 aliphatic heterocycles. The number of halogens is 1. The minimum atomic E-state index is 0.858. The zero-order valence-electron chi connectivity index (χ0n) is 8.72. The van der Waals surface area contributed by atoms with Gasteiger partial charge in [-0.05, 0) is 24.6 Å². The van der Waals surface area contributed by atoms with E-state index >= 15 is 0 Å². The maximum absolute atomic E-state index is 5.64. The van der Waals surface area contributed by atoms with Crippen LogP contribution in [0.4, 0.5) is 5.88 Å². The highest BCUT2D eigenvalue weighted by Gasteiger charge is 2.02. The summed E-state index contributed by atoms with van der Waals surface area (Å²) in [5.41, 5.74) is 0.928. The standard InChI is InChI=1S/C12H14BrNO/c1-2-3-6-14-12-8-9-7-10(13)4-5-11(9)15-12/h4-5,7-8,14H,2-3,6H2,1H3. The molecule has 3 heteroatoms. The summed E-state index contributed by atoms with van der Waals surface area (Å²) in [7, 11) is 0. The van der Waals surface area contributed by atoms with Gasteiger partial charge < -0.3 is 9.73 Å². The first-order chi connectivity index (χ1) is 7.29. The van der Waals surface area contributed by atoms with Gasteiger partial charge in [0.1, 0.15) is 5.58 Å². The highest BCUT2D eigenvalue weighted by Crippen LogP contribution is 2.25. The first-order valence-electron chi connectivity index (χ1n) is 5.22. The van der Waals surface area contributed by atoms with E-state index in [4.69, 9.17) is 4.42 Å². The van der Waals surface area contributed by atoms with E-state index in [1.54, 1.807) is 0 Å². The minimum absolute atomic E-state index is 0.858. The molecule has 2 rings (SSSR count). The average Bonchev–Trinajstić information content (AvgIpc) is 2.60. The monoisotopic (exact) mass is 267 g/mol. The van der Waals surface area contributed by atoms with E-state index < -0.39 is 0 Å². The summed E-state index contributed by atoms with van der Waals surface area (Å²) in [5.74, 6) is 0.858. The molecular formula is C12H14BrNO. The van der Waals surface area contributed by atoms with Crippen LogP contribution in [0.3, 0.4) is 0 Å². The van der Waals surface area contributed by atoms with Crippen LogP contribution < -0.4 is 5.32 Å². The molecule has 1 heterocycles. The van der Waals surface area contributed by atoms with Gasteiger partial charge in [0.25, 0.3) is 0 Å². The number of rotatable bonds is 4. The smallest absolute Gasteiger partial charge is 0.194 e. The zero-order chi connectivity index (χ0) is 10.7. The van der Waals surface area contributed by atoms with Gasteiger partial charge >= 0.3 is 0 Å². The third-order valence-corrected chi connectivity index (χ3v) is 2.80. The Hall–Kier alpha value is -0.960. The largest absolute Gasteiger partial charge is 0.441 e. The molecule has 15 heavy (non-hydrogen) atoms. The topological polar surface area (TPSA) is 25.2 Å². The van der Waals surface area contributed by atoms with Crippen molar-refractivity contribution >= 4 is 32.8 Å². The Morgan fingerprint density at radius 2 is 2.20 bits per heavy atom. The molecule has 0 spiro atoms. The lowest BCUT2D eigenvalue weighted by molar-refractivity contribution is 0.623. The summed E-state index contributed by atoms with van der Waals surface area (Å²) in [6.07, 6.45) is 2.36. The fraction of sp³-hybridized carbons (Fsp3) is 0.333. The van der Waals surface area contributed by atoms with Crippen molar-refractivity contribution in [2.75, 3.05) is 11.9 Å². The van der Waals surface area contributed by atoms with E-state index in [0.717, 1.165) is 27.9 Å². The Labute approximate surface area is 97.8 Å². The number of hydrogen-bond donors (Lipinski definition) is 1. The fourth-order valence-electron chi connectivity index (χ4n) is 1.49. The van der Waals surface area contributed by atoms with Gasteiger partial charge in [-0.3, -0.25) is 0 Å². The lowest BCUT2D eigenvalue weighted by Gasteiger charge is -1.98. The molecule has 2 nitrogen and oxygen atoms in total. The van der Waals surface area contributed by atoms with Gasteiger partial charge in [-0.1, -0.05) is 29.3 Å². The van der Waals surface area contributed by atoms with E-state index in [9.17, 15) is 0 Å². The molecule has 1 aromatic carbocycles. The van der Waals surface area contributed by atoms with Crippen molar-refractivity contribution in [3.8, 4) is 0 Å². The van der Waals surface area contributed by atoms with E-state index in [-0.39, 0.29) is 0 Å². The van der Waals surface area contributed by atoms with Gasteiger partial charge in [-0.25, -0.2) is 0 Å². The quantitative estimate of drug-likeness (QED) is 0.831. The van der Waals surface area contributed by atoms with Crippen LogP contribution in [0, 0.1) is 0 Å². The highest BCUT2D eigenvalue weighted by atomic mass is 79.9. The van der Waals surface area contributed by atoms with Crippen molar-refractivity contribution in [2.24, 2.45) is 0 Å². The second-order valence-corrected chi connectivity index (χ2v) is 4.49. The lowest BCUT2D eigenvalue weighted by atomic mass is 10.2. The maximum Gasteiger partial charge on any atom is 0.194 e. The molecule has 0 bridgehead atoms. The van der Waals surface area contributed by atoms with Crippen molar-refractivity contribution in [3.63, 3.8) is 0 Å². The molecule has 0 radical (unpaired) electrons. The predicted molar refractivity (Wildman–Crippen MR) is 67.3 cm³/mol. The molecule has 0 aliphatic rings. The minimum Gasteiger partial charge on any atom is -0.441 e. The SMILES string of the molecule is CCCCNc1cc2cc(Br)ccc2o1. The Morgan fingerprint density at radius 1 is 1.33 bits per heavy atom. The van der Waals surface area contributed by atoms with Gasteiger partial charge in [-0.2, -0.15) is 0 Å². The van der Waals surface area contributed by atoms with Crippen LogP contribution in [0.15, 0.2) is 33.2 Å². The van der Waals surface area contributed by atoms with Crippen LogP contribution in [-0.2, 0) is 0 Å². The van der Waals surface area contributed by atoms with Crippen LogP contribution >= 0.6 is 15.9 Å². The van der Waals surface area contributed by atoms with Crippen molar-refractivity contribution in [2.45, 2.75) is 19.8 Å². The Balaban J connectivity index is 2.16. The van der Waals surface area contributed by atoms with E-state index in [1.165, 1.54) is 12.8 Å². The Kier molecular flexibility index (Phi) is 3.31. The Morgan fingerprint density at radius 3 is 3.00 bits per heavy atom. The Bertz CT molecular complexity index is 450. The maximum atomic E-state index is 5.64. The molecule has 1 aromatic heterocycles. The molecule has 0 aliphatic carbocycles.